The van der Waals surface area contributed by atoms with Crippen molar-refractivity contribution in [3.8, 4) is 0 Å². The lowest BCUT2D eigenvalue weighted by molar-refractivity contribution is 0.354. The van der Waals surface area contributed by atoms with E-state index in [1.54, 1.807) is 0 Å². The first-order valence-corrected chi connectivity index (χ1v) is 6.77. The highest BCUT2D eigenvalue weighted by Crippen LogP contribution is 2.09. The third-order valence-corrected chi connectivity index (χ3v) is 3.17. The van der Waals surface area contributed by atoms with Crippen LogP contribution >= 0.6 is 0 Å². The Morgan fingerprint density at radius 3 is 2.95 bits per heavy atom. The van der Waals surface area contributed by atoms with E-state index in [1.807, 2.05) is 0 Å². The maximum atomic E-state index is 5.24. The molecule has 0 radical (unpaired) electrons. The number of hydrogen-bond acceptors (Lipinski definition) is 4. The number of nitrogens with one attached hydrogen (secondary N) is 1. The molecule has 0 amide bonds. The van der Waals surface area contributed by atoms with Gasteiger partial charge in [0.2, 0.25) is 5.89 Å². The Morgan fingerprint density at radius 2 is 2.21 bits per heavy atom. The predicted molar refractivity (Wildman–Crippen MR) is 74.9 cm³/mol. The summed E-state index contributed by atoms with van der Waals surface area (Å²) in [5.41, 5.74) is 2.46. The third-order valence-electron chi connectivity index (χ3n) is 3.17. The number of nitrogens with zero attached hydrogens (tertiary/aromatic N) is 2. The fourth-order valence-electron chi connectivity index (χ4n) is 1.84. The van der Waals surface area contributed by atoms with E-state index >= 15 is 0 Å². The fraction of sp³-hybridized carbons (Fsp3) is 0.467. The summed E-state index contributed by atoms with van der Waals surface area (Å²) < 4.78 is 5.24. The van der Waals surface area contributed by atoms with Gasteiger partial charge in [-0.3, -0.25) is 0 Å². The quantitative estimate of drug-likeness (QED) is 0.866. The van der Waals surface area contributed by atoms with Crippen molar-refractivity contribution in [3.05, 3.63) is 47.1 Å². The van der Waals surface area contributed by atoms with Crippen molar-refractivity contribution < 1.29 is 4.52 Å². The van der Waals surface area contributed by atoms with Crippen LogP contribution in [0.1, 0.15) is 43.1 Å². The summed E-state index contributed by atoms with van der Waals surface area (Å²) in [6.45, 7) is 7.01. The van der Waals surface area contributed by atoms with Crippen LogP contribution in [0.15, 0.2) is 28.8 Å². The Balaban J connectivity index is 1.94. The third kappa shape index (κ3) is 4.17. The van der Waals surface area contributed by atoms with E-state index in [1.165, 1.54) is 11.1 Å². The van der Waals surface area contributed by atoms with Crippen LogP contribution < -0.4 is 5.32 Å². The zero-order chi connectivity index (χ0) is 13.7. The lowest BCUT2D eigenvalue weighted by Crippen LogP contribution is -2.24. The summed E-state index contributed by atoms with van der Waals surface area (Å²) in [7, 11) is 0. The summed E-state index contributed by atoms with van der Waals surface area (Å²) in [6.07, 6.45) is 1.80. The van der Waals surface area contributed by atoms with E-state index in [9.17, 15) is 0 Å². The Labute approximate surface area is 114 Å². The zero-order valence-electron chi connectivity index (χ0n) is 11.8. The van der Waals surface area contributed by atoms with Crippen LogP contribution in [0.25, 0.3) is 0 Å². The highest BCUT2D eigenvalue weighted by Gasteiger charge is 2.08. The van der Waals surface area contributed by atoms with E-state index in [4.69, 9.17) is 4.52 Å². The Hall–Kier alpha value is -1.68. The SMILES string of the molecule is CCC(C)NCc1nc(Cc2cccc(C)c2)no1. The number of benzene rings is 1. The van der Waals surface area contributed by atoms with Gasteiger partial charge in [-0.25, -0.2) is 0 Å². The van der Waals surface area contributed by atoms with E-state index in [-0.39, 0.29) is 0 Å². The van der Waals surface area contributed by atoms with Crippen LogP contribution in [0.5, 0.6) is 0 Å². The molecule has 0 fully saturated rings. The molecule has 0 aliphatic rings. The summed E-state index contributed by atoms with van der Waals surface area (Å²) >= 11 is 0. The monoisotopic (exact) mass is 259 g/mol. The lowest BCUT2D eigenvalue weighted by atomic mass is 10.1. The number of hydrogen-bond donors (Lipinski definition) is 1. The van der Waals surface area contributed by atoms with E-state index in [0.717, 1.165) is 12.2 Å². The van der Waals surface area contributed by atoms with Crippen LogP contribution in [-0.2, 0) is 13.0 Å². The first-order chi connectivity index (χ1) is 9.17. The van der Waals surface area contributed by atoms with E-state index in [0.29, 0.717) is 24.9 Å². The first kappa shape index (κ1) is 13.7. The van der Waals surface area contributed by atoms with Crippen molar-refractivity contribution in [3.63, 3.8) is 0 Å². The molecule has 4 heteroatoms. The molecule has 19 heavy (non-hydrogen) atoms. The second kappa shape index (κ2) is 6.48. The maximum Gasteiger partial charge on any atom is 0.240 e. The summed E-state index contributed by atoms with van der Waals surface area (Å²) in [5, 5.41) is 7.36. The van der Waals surface area contributed by atoms with Crippen molar-refractivity contribution in [2.75, 3.05) is 0 Å². The van der Waals surface area contributed by atoms with Gasteiger partial charge in [-0.1, -0.05) is 41.9 Å². The van der Waals surface area contributed by atoms with Gasteiger partial charge >= 0.3 is 0 Å². The Bertz CT molecular complexity index is 522. The predicted octanol–water partition coefficient (Wildman–Crippen LogP) is 2.86. The van der Waals surface area contributed by atoms with Crippen molar-refractivity contribution in [1.29, 1.82) is 0 Å². The van der Waals surface area contributed by atoms with Crippen molar-refractivity contribution >= 4 is 0 Å². The summed E-state index contributed by atoms with van der Waals surface area (Å²) in [5.74, 6) is 1.40. The molecule has 0 aliphatic carbocycles. The average molecular weight is 259 g/mol. The second-order valence-electron chi connectivity index (χ2n) is 4.96. The number of aryl methyl sites for hydroxylation is 1. The van der Waals surface area contributed by atoms with Gasteiger partial charge in [0.15, 0.2) is 5.82 Å². The van der Waals surface area contributed by atoms with Gasteiger partial charge in [0.05, 0.1) is 6.54 Å². The normalized spacial score (nSPS) is 12.6. The van der Waals surface area contributed by atoms with Gasteiger partial charge in [0.1, 0.15) is 0 Å². The largest absolute Gasteiger partial charge is 0.338 e. The molecule has 4 nitrogen and oxygen atoms in total. The van der Waals surface area contributed by atoms with Gasteiger partial charge in [-0.05, 0) is 25.8 Å². The summed E-state index contributed by atoms with van der Waals surface area (Å²) in [6, 6.07) is 8.83. The molecule has 1 atom stereocenters. The maximum absolute atomic E-state index is 5.24. The van der Waals surface area contributed by atoms with Gasteiger partial charge in [-0.2, -0.15) is 4.98 Å². The molecular weight excluding hydrogens is 238 g/mol. The molecule has 0 bridgehead atoms. The molecule has 2 aromatic rings. The molecule has 0 saturated carbocycles. The molecular formula is C15H21N3O. The minimum absolute atomic E-state index is 0.465. The van der Waals surface area contributed by atoms with E-state index in [2.05, 4.69) is 60.5 Å². The molecule has 1 unspecified atom stereocenters. The molecule has 1 aromatic heterocycles. The summed E-state index contributed by atoms with van der Waals surface area (Å²) in [4.78, 5) is 4.40. The highest BCUT2D eigenvalue weighted by atomic mass is 16.5. The molecule has 1 heterocycles. The van der Waals surface area contributed by atoms with Crippen molar-refractivity contribution in [2.45, 2.75) is 46.2 Å². The van der Waals surface area contributed by atoms with Gasteiger partial charge in [0, 0.05) is 12.5 Å². The highest BCUT2D eigenvalue weighted by molar-refractivity contribution is 5.24. The molecule has 1 N–H and O–H groups in total. The minimum atomic E-state index is 0.465. The fourth-order valence-corrected chi connectivity index (χ4v) is 1.84. The van der Waals surface area contributed by atoms with Crippen molar-refractivity contribution in [1.82, 2.24) is 15.5 Å². The number of aromatic nitrogens is 2. The minimum Gasteiger partial charge on any atom is -0.338 e. The topological polar surface area (TPSA) is 51.0 Å². The van der Waals surface area contributed by atoms with Gasteiger partial charge in [-0.15, -0.1) is 0 Å². The molecule has 0 spiro atoms. The van der Waals surface area contributed by atoms with Crippen LogP contribution in [0.2, 0.25) is 0 Å². The molecule has 0 aliphatic heterocycles. The Kier molecular flexibility index (Phi) is 4.68. The van der Waals surface area contributed by atoms with E-state index < -0.39 is 0 Å². The molecule has 2 rings (SSSR count). The first-order valence-electron chi connectivity index (χ1n) is 6.77. The Morgan fingerprint density at radius 1 is 1.37 bits per heavy atom. The second-order valence-corrected chi connectivity index (χ2v) is 4.96. The smallest absolute Gasteiger partial charge is 0.240 e. The number of rotatable bonds is 6. The average Bonchev–Trinajstić information content (AvgIpc) is 2.83. The zero-order valence-corrected chi connectivity index (χ0v) is 11.8. The van der Waals surface area contributed by atoms with Crippen LogP contribution in [0.3, 0.4) is 0 Å². The lowest BCUT2D eigenvalue weighted by Gasteiger charge is -2.07. The molecule has 1 aromatic carbocycles. The standard InChI is InChI=1S/C15H21N3O/c1-4-12(3)16-10-15-17-14(18-19-15)9-13-7-5-6-11(2)8-13/h5-8,12,16H,4,9-10H2,1-3H3. The van der Waals surface area contributed by atoms with Crippen LogP contribution in [0, 0.1) is 6.92 Å². The van der Waals surface area contributed by atoms with Gasteiger partial charge < -0.3 is 9.84 Å². The van der Waals surface area contributed by atoms with Crippen molar-refractivity contribution in [2.24, 2.45) is 0 Å². The van der Waals surface area contributed by atoms with Gasteiger partial charge in [0.25, 0.3) is 0 Å². The van der Waals surface area contributed by atoms with Crippen LogP contribution in [0.4, 0.5) is 0 Å². The molecule has 0 saturated heterocycles. The van der Waals surface area contributed by atoms with Crippen LogP contribution in [-0.4, -0.2) is 16.2 Å². The molecule has 102 valence electrons.